The molecule has 18 heavy (non-hydrogen) atoms. The van der Waals surface area contributed by atoms with Crippen molar-refractivity contribution in [2.75, 3.05) is 7.11 Å². The highest BCUT2D eigenvalue weighted by Crippen LogP contribution is 2.09. The monoisotopic (exact) mass is 248 g/mol. The van der Waals surface area contributed by atoms with E-state index in [4.69, 9.17) is 4.42 Å². The summed E-state index contributed by atoms with van der Waals surface area (Å²) in [6.45, 7) is 1.83. The maximum atomic E-state index is 11.6. The van der Waals surface area contributed by atoms with Gasteiger partial charge in [-0.1, -0.05) is 6.08 Å². The van der Waals surface area contributed by atoms with Crippen LogP contribution in [-0.4, -0.2) is 22.6 Å². The molecule has 6 nitrogen and oxygen atoms in total. The third-order valence-electron chi connectivity index (χ3n) is 2.51. The van der Waals surface area contributed by atoms with Crippen molar-refractivity contribution in [3.63, 3.8) is 0 Å². The molecule has 2 rings (SSSR count). The van der Waals surface area contributed by atoms with Crippen molar-refractivity contribution in [1.82, 2.24) is 9.55 Å². The van der Waals surface area contributed by atoms with Gasteiger partial charge in [0.2, 0.25) is 0 Å². The van der Waals surface area contributed by atoms with E-state index in [2.05, 4.69) is 9.72 Å². The zero-order chi connectivity index (χ0) is 13.1. The van der Waals surface area contributed by atoms with Crippen molar-refractivity contribution in [3.05, 3.63) is 40.5 Å². The number of rotatable bonds is 3. The summed E-state index contributed by atoms with van der Waals surface area (Å²) in [6, 6.07) is 3.35. The van der Waals surface area contributed by atoms with Gasteiger partial charge in [-0.25, -0.2) is 14.6 Å². The Morgan fingerprint density at radius 3 is 3.11 bits per heavy atom. The second-order valence-electron chi connectivity index (χ2n) is 3.68. The largest absolute Gasteiger partial charge is 0.466 e. The molecule has 0 aromatic carbocycles. The van der Waals surface area contributed by atoms with Gasteiger partial charge in [-0.05, 0) is 19.1 Å². The Kier molecular flexibility index (Phi) is 3.27. The first-order chi connectivity index (χ1) is 8.63. The molecule has 0 N–H and O–H groups in total. The molecule has 2 aromatic rings. The van der Waals surface area contributed by atoms with Crippen molar-refractivity contribution < 1.29 is 13.9 Å². The van der Waals surface area contributed by atoms with Crippen molar-refractivity contribution in [2.24, 2.45) is 0 Å². The fraction of sp³-hybridized carbons (Fsp3) is 0.250. The van der Waals surface area contributed by atoms with Gasteiger partial charge in [0.05, 0.1) is 7.11 Å². The third-order valence-corrected chi connectivity index (χ3v) is 2.51. The van der Waals surface area contributed by atoms with Crippen LogP contribution in [0.4, 0.5) is 0 Å². The summed E-state index contributed by atoms with van der Waals surface area (Å²) in [5, 5.41) is 0. The molecule has 0 aliphatic heterocycles. The number of fused-ring (bicyclic) bond motifs is 1. The number of esters is 1. The number of ether oxygens (including phenoxy) is 1. The molecule has 0 saturated carbocycles. The van der Waals surface area contributed by atoms with Crippen LogP contribution < -0.4 is 5.76 Å². The van der Waals surface area contributed by atoms with Gasteiger partial charge in [0.15, 0.2) is 11.2 Å². The summed E-state index contributed by atoms with van der Waals surface area (Å²) < 4.78 is 10.9. The molecule has 0 aliphatic rings. The quantitative estimate of drug-likeness (QED) is 0.600. The van der Waals surface area contributed by atoms with Gasteiger partial charge in [-0.2, -0.15) is 0 Å². The topological polar surface area (TPSA) is 74.3 Å². The molecule has 0 aliphatic carbocycles. The second kappa shape index (κ2) is 4.87. The van der Waals surface area contributed by atoms with E-state index in [1.165, 1.54) is 11.7 Å². The van der Waals surface area contributed by atoms with E-state index in [0.29, 0.717) is 16.8 Å². The zero-order valence-electron chi connectivity index (χ0n) is 10.0. The first kappa shape index (κ1) is 12.1. The molecule has 6 heteroatoms. The van der Waals surface area contributed by atoms with Gasteiger partial charge >= 0.3 is 11.7 Å². The number of pyridine rings is 1. The number of hydrogen-bond acceptors (Lipinski definition) is 5. The third kappa shape index (κ3) is 2.17. The summed E-state index contributed by atoms with van der Waals surface area (Å²) in [5.74, 6) is -0.929. The van der Waals surface area contributed by atoms with Gasteiger partial charge in [0.1, 0.15) is 0 Å². The van der Waals surface area contributed by atoms with Crippen molar-refractivity contribution in [1.29, 1.82) is 0 Å². The lowest BCUT2D eigenvalue weighted by molar-refractivity contribution is -0.136. The van der Waals surface area contributed by atoms with Crippen LogP contribution in [-0.2, 0) is 16.1 Å². The lowest BCUT2D eigenvalue weighted by Crippen LogP contribution is -2.14. The smallest absolute Gasteiger partial charge is 0.421 e. The number of carbonyl (C=O) groups is 1. The molecule has 94 valence electrons. The Labute approximate surface area is 102 Å². The van der Waals surface area contributed by atoms with E-state index >= 15 is 0 Å². The fourth-order valence-corrected chi connectivity index (χ4v) is 1.53. The minimum atomic E-state index is -0.502. The Morgan fingerprint density at radius 2 is 2.39 bits per heavy atom. The van der Waals surface area contributed by atoms with E-state index in [9.17, 15) is 9.59 Å². The average Bonchev–Trinajstić information content (AvgIpc) is 2.70. The molecule has 0 atom stereocenters. The van der Waals surface area contributed by atoms with Crippen LogP contribution >= 0.6 is 0 Å². The van der Waals surface area contributed by atoms with Gasteiger partial charge in [-0.15, -0.1) is 0 Å². The number of nitrogens with zero attached hydrogens (tertiary/aromatic N) is 2. The van der Waals surface area contributed by atoms with Gasteiger partial charge in [-0.3, -0.25) is 4.57 Å². The van der Waals surface area contributed by atoms with E-state index in [0.717, 1.165) is 0 Å². The number of allylic oxidation sites excluding steroid dienone is 1. The Bertz CT molecular complexity index is 666. The predicted octanol–water partition coefficient (Wildman–Crippen LogP) is 1.11. The summed E-state index contributed by atoms with van der Waals surface area (Å²) in [6.07, 6.45) is 3.17. The molecule has 2 aromatic heterocycles. The lowest BCUT2D eigenvalue weighted by atomic mass is 10.3. The minimum Gasteiger partial charge on any atom is -0.466 e. The first-order valence-corrected chi connectivity index (χ1v) is 5.33. The molecule has 0 bridgehead atoms. The highest BCUT2D eigenvalue weighted by molar-refractivity contribution is 5.87. The first-order valence-electron chi connectivity index (χ1n) is 5.33. The number of oxazole rings is 1. The zero-order valence-corrected chi connectivity index (χ0v) is 10.0. The molecule has 0 spiro atoms. The molecular weight excluding hydrogens is 236 g/mol. The minimum absolute atomic E-state index is 0.212. The molecule has 0 amide bonds. The average molecular weight is 248 g/mol. The maximum absolute atomic E-state index is 11.6. The van der Waals surface area contributed by atoms with Crippen LogP contribution in [0.15, 0.2) is 39.2 Å². The highest BCUT2D eigenvalue weighted by Gasteiger charge is 2.09. The SMILES string of the molecule is COC(=O)C(C)=CCn1c(=O)oc2cccnc21. The predicted molar refractivity (Wildman–Crippen MR) is 64.0 cm³/mol. The van der Waals surface area contributed by atoms with Crippen LogP contribution in [0.25, 0.3) is 11.2 Å². The summed E-state index contributed by atoms with van der Waals surface area (Å²) in [5.41, 5.74) is 1.30. The standard InChI is InChI=1S/C12H12N2O4/c1-8(11(15)17-2)5-7-14-10-9(18-12(14)16)4-3-6-13-10/h3-6H,7H2,1-2H3. The van der Waals surface area contributed by atoms with Crippen LogP contribution in [0.1, 0.15) is 6.92 Å². The molecular formula is C12H12N2O4. The van der Waals surface area contributed by atoms with E-state index < -0.39 is 11.7 Å². The van der Waals surface area contributed by atoms with Crippen LogP contribution in [0.2, 0.25) is 0 Å². The van der Waals surface area contributed by atoms with Crippen LogP contribution in [0.3, 0.4) is 0 Å². The molecule has 0 unspecified atom stereocenters. The van der Waals surface area contributed by atoms with E-state index in [-0.39, 0.29) is 6.54 Å². The molecule has 0 fully saturated rings. The van der Waals surface area contributed by atoms with E-state index in [1.807, 2.05) is 0 Å². The van der Waals surface area contributed by atoms with Crippen molar-refractivity contribution in [2.45, 2.75) is 13.5 Å². The number of methoxy groups -OCH3 is 1. The fourth-order valence-electron chi connectivity index (χ4n) is 1.53. The van der Waals surface area contributed by atoms with Crippen molar-refractivity contribution in [3.8, 4) is 0 Å². The maximum Gasteiger partial charge on any atom is 0.421 e. The van der Waals surface area contributed by atoms with Crippen LogP contribution in [0, 0.1) is 0 Å². The summed E-state index contributed by atoms with van der Waals surface area (Å²) in [4.78, 5) is 26.9. The Hall–Kier alpha value is -2.37. The second-order valence-corrected chi connectivity index (χ2v) is 3.68. The van der Waals surface area contributed by atoms with Gasteiger partial charge in [0.25, 0.3) is 0 Å². The molecule has 0 radical (unpaired) electrons. The molecule has 0 saturated heterocycles. The summed E-state index contributed by atoms with van der Waals surface area (Å²) in [7, 11) is 1.31. The van der Waals surface area contributed by atoms with Gasteiger partial charge in [0, 0.05) is 18.3 Å². The number of carbonyl (C=O) groups excluding carboxylic acids is 1. The van der Waals surface area contributed by atoms with Crippen molar-refractivity contribution >= 4 is 17.2 Å². The van der Waals surface area contributed by atoms with Gasteiger partial charge < -0.3 is 9.15 Å². The number of hydrogen-bond donors (Lipinski definition) is 0. The molecule has 2 heterocycles. The summed E-state index contributed by atoms with van der Waals surface area (Å²) >= 11 is 0. The van der Waals surface area contributed by atoms with Crippen LogP contribution in [0.5, 0.6) is 0 Å². The Morgan fingerprint density at radius 1 is 1.61 bits per heavy atom. The van der Waals surface area contributed by atoms with E-state index in [1.54, 1.807) is 31.3 Å². The normalized spacial score (nSPS) is 11.8. The lowest BCUT2D eigenvalue weighted by Gasteiger charge is -1.99. The Balaban J connectivity index is 2.35. The number of aromatic nitrogens is 2. The highest BCUT2D eigenvalue weighted by atomic mass is 16.5.